The van der Waals surface area contributed by atoms with Gasteiger partial charge in [-0.25, -0.2) is 0 Å². The lowest BCUT2D eigenvalue weighted by Gasteiger charge is -2.35. The van der Waals surface area contributed by atoms with Crippen LogP contribution in [0.5, 0.6) is 0 Å². The number of carbonyl (C=O) groups excluding carboxylic acids is 1. The number of benzene rings is 1. The lowest BCUT2D eigenvalue weighted by atomic mass is 9.82. The van der Waals surface area contributed by atoms with Gasteiger partial charge in [-0.15, -0.1) is 0 Å². The van der Waals surface area contributed by atoms with E-state index in [9.17, 15) is 4.79 Å². The molecule has 1 heterocycles. The van der Waals surface area contributed by atoms with E-state index in [2.05, 4.69) is 6.07 Å². The van der Waals surface area contributed by atoms with E-state index in [4.69, 9.17) is 16.9 Å². The van der Waals surface area contributed by atoms with Gasteiger partial charge in [0.2, 0.25) is 0 Å². The Hall–Kier alpha value is -1.53. The first kappa shape index (κ1) is 13.9. The molecule has 0 aliphatic carbocycles. The third-order valence-electron chi connectivity index (χ3n) is 3.83. The van der Waals surface area contributed by atoms with E-state index in [1.54, 1.807) is 12.1 Å². The molecule has 1 aromatic rings. The molecule has 2 rings (SSSR count). The van der Waals surface area contributed by atoms with E-state index in [0.29, 0.717) is 23.7 Å². The van der Waals surface area contributed by atoms with Crippen LogP contribution in [0.2, 0.25) is 5.02 Å². The first-order valence-electron chi connectivity index (χ1n) is 6.42. The molecule has 3 nitrogen and oxygen atoms in total. The van der Waals surface area contributed by atoms with Gasteiger partial charge in [-0.1, -0.05) is 11.6 Å². The lowest BCUT2D eigenvalue weighted by Crippen LogP contribution is -2.41. The molecule has 1 amide bonds. The molecule has 1 saturated heterocycles. The maximum atomic E-state index is 12.4. The number of halogens is 1. The van der Waals surface area contributed by atoms with E-state index in [-0.39, 0.29) is 11.3 Å². The molecule has 100 valence electrons. The second kappa shape index (κ2) is 5.22. The van der Waals surface area contributed by atoms with Crippen molar-refractivity contribution < 1.29 is 4.79 Å². The second-order valence-electron chi connectivity index (χ2n) is 5.43. The van der Waals surface area contributed by atoms with E-state index in [1.807, 2.05) is 24.8 Å². The van der Waals surface area contributed by atoms with E-state index in [1.165, 1.54) is 0 Å². The van der Waals surface area contributed by atoms with Crippen molar-refractivity contribution >= 4 is 17.5 Å². The second-order valence-corrected chi connectivity index (χ2v) is 5.84. The molecule has 0 N–H and O–H groups in total. The average Bonchev–Trinajstić information content (AvgIpc) is 2.42. The quantitative estimate of drug-likeness (QED) is 0.789. The van der Waals surface area contributed by atoms with E-state index >= 15 is 0 Å². The molecule has 19 heavy (non-hydrogen) atoms. The standard InChI is InChI=1S/C15H17ClN2O/c1-11-9-12(3-4-13(11)16)14(19)18-7-5-15(2,10-17)6-8-18/h3-4,9H,5-8H2,1-2H3. The Bertz CT molecular complexity index is 540. The van der Waals surface area contributed by atoms with Crippen LogP contribution in [0, 0.1) is 23.7 Å². The summed E-state index contributed by atoms with van der Waals surface area (Å²) in [4.78, 5) is 14.2. The summed E-state index contributed by atoms with van der Waals surface area (Å²) in [5, 5.41) is 9.76. The highest BCUT2D eigenvalue weighted by Gasteiger charge is 2.32. The molecule has 0 saturated carbocycles. The van der Waals surface area contributed by atoms with Crippen molar-refractivity contribution in [2.75, 3.05) is 13.1 Å². The van der Waals surface area contributed by atoms with Gasteiger partial charge in [-0.3, -0.25) is 4.79 Å². The number of rotatable bonds is 1. The van der Waals surface area contributed by atoms with Crippen LogP contribution in [0.3, 0.4) is 0 Å². The molecule has 0 radical (unpaired) electrons. The Morgan fingerprint density at radius 3 is 2.58 bits per heavy atom. The van der Waals surface area contributed by atoms with Crippen molar-refractivity contribution in [3.63, 3.8) is 0 Å². The van der Waals surface area contributed by atoms with Crippen molar-refractivity contribution in [2.24, 2.45) is 5.41 Å². The highest BCUT2D eigenvalue weighted by atomic mass is 35.5. The molecule has 0 bridgehead atoms. The third-order valence-corrected chi connectivity index (χ3v) is 4.25. The summed E-state index contributed by atoms with van der Waals surface area (Å²) in [6.45, 7) is 5.14. The van der Waals surface area contributed by atoms with Gasteiger partial charge in [-0.05, 0) is 50.5 Å². The van der Waals surface area contributed by atoms with Crippen LogP contribution >= 0.6 is 11.6 Å². The maximum Gasteiger partial charge on any atom is 0.253 e. The van der Waals surface area contributed by atoms with Gasteiger partial charge in [0.15, 0.2) is 0 Å². The van der Waals surface area contributed by atoms with Gasteiger partial charge in [0.05, 0.1) is 11.5 Å². The Balaban J connectivity index is 2.10. The van der Waals surface area contributed by atoms with Crippen LogP contribution in [-0.2, 0) is 0 Å². The van der Waals surface area contributed by atoms with Crippen LogP contribution in [0.4, 0.5) is 0 Å². The van der Waals surface area contributed by atoms with Gasteiger partial charge in [0, 0.05) is 23.7 Å². The van der Waals surface area contributed by atoms with Gasteiger partial charge < -0.3 is 4.90 Å². The minimum atomic E-state index is -0.285. The molecular weight excluding hydrogens is 260 g/mol. The fraction of sp³-hybridized carbons (Fsp3) is 0.467. The predicted molar refractivity (Wildman–Crippen MR) is 75.0 cm³/mol. The maximum absolute atomic E-state index is 12.4. The summed E-state index contributed by atoms with van der Waals surface area (Å²) >= 11 is 5.97. The van der Waals surface area contributed by atoms with Crippen LogP contribution < -0.4 is 0 Å². The first-order chi connectivity index (χ1) is 8.95. The number of amides is 1. The number of hydrogen-bond acceptors (Lipinski definition) is 2. The normalized spacial score (nSPS) is 17.9. The van der Waals surface area contributed by atoms with Crippen molar-refractivity contribution in [3.05, 3.63) is 34.3 Å². The Labute approximate surface area is 118 Å². The van der Waals surface area contributed by atoms with Crippen LogP contribution in [0.1, 0.15) is 35.7 Å². The zero-order valence-corrected chi connectivity index (χ0v) is 12.0. The minimum Gasteiger partial charge on any atom is -0.339 e. The van der Waals surface area contributed by atoms with Crippen LogP contribution in [0.25, 0.3) is 0 Å². The summed E-state index contributed by atoms with van der Waals surface area (Å²) in [6, 6.07) is 7.68. The molecule has 0 aromatic heterocycles. The smallest absolute Gasteiger partial charge is 0.253 e. The summed E-state index contributed by atoms with van der Waals surface area (Å²) in [7, 11) is 0. The third kappa shape index (κ3) is 2.90. The Kier molecular flexibility index (Phi) is 3.82. The molecule has 0 atom stereocenters. The Morgan fingerprint density at radius 1 is 1.42 bits per heavy atom. The first-order valence-corrected chi connectivity index (χ1v) is 6.80. The largest absolute Gasteiger partial charge is 0.339 e. The van der Waals surface area contributed by atoms with E-state index in [0.717, 1.165) is 18.4 Å². The molecule has 4 heteroatoms. The SMILES string of the molecule is Cc1cc(C(=O)N2CCC(C)(C#N)CC2)ccc1Cl. The summed E-state index contributed by atoms with van der Waals surface area (Å²) in [5.74, 6) is 0.0276. The van der Waals surface area contributed by atoms with Crippen molar-refractivity contribution in [3.8, 4) is 6.07 Å². The van der Waals surface area contributed by atoms with Gasteiger partial charge in [0.25, 0.3) is 5.91 Å². The fourth-order valence-electron chi connectivity index (χ4n) is 2.28. The van der Waals surface area contributed by atoms with Crippen molar-refractivity contribution in [1.29, 1.82) is 5.26 Å². The number of piperidine rings is 1. The summed E-state index contributed by atoms with van der Waals surface area (Å²) < 4.78 is 0. The molecule has 1 fully saturated rings. The molecule has 0 unspecified atom stereocenters. The summed E-state index contributed by atoms with van der Waals surface area (Å²) in [6.07, 6.45) is 1.48. The van der Waals surface area contributed by atoms with Crippen molar-refractivity contribution in [2.45, 2.75) is 26.7 Å². The van der Waals surface area contributed by atoms with Gasteiger partial charge in [-0.2, -0.15) is 5.26 Å². The zero-order chi connectivity index (χ0) is 14.0. The Morgan fingerprint density at radius 2 is 2.05 bits per heavy atom. The highest BCUT2D eigenvalue weighted by molar-refractivity contribution is 6.31. The van der Waals surface area contributed by atoms with Crippen molar-refractivity contribution in [1.82, 2.24) is 4.90 Å². The average molecular weight is 277 g/mol. The van der Waals surface area contributed by atoms with Gasteiger partial charge >= 0.3 is 0 Å². The molecule has 0 spiro atoms. The number of aryl methyl sites for hydroxylation is 1. The predicted octanol–water partition coefficient (Wildman–Crippen LogP) is 3.41. The monoisotopic (exact) mass is 276 g/mol. The highest BCUT2D eigenvalue weighted by Crippen LogP contribution is 2.30. The number of hydrogen-bond donors (Lipinski definition) is 0. The topological polar surface area (TPSA) is 44.1 Å². The molecule has 1 aliphatic heterocycles. The molecule has 1 aromatic carbocycles. The van der Waals surface area contributed by atoms with Crippen LogP contribution in [-0.4, -0.2) is 23.9 Å². The van der Waals surface area contributed by atoms with Gasteiger partial charge in [0.1, 0.15) is 0 Å². The fourth-order valence-corrected chi connectivity index (χ4v) is 2.39. The number of likely N-dealkylation sites (tertiary alicyclic amines) is 1. The lowest BCUT2D eigenvalue weighted by molar-refractivity contribution is 0.0661. The summed E-state index contributed by atoms with van der Waals surface area (Å²) in [5.41, 5.74) is 1.29. The van der Waals surface area contributed by atoms with Crippen LogP contribution in [0.15, 0.2) is 18.2 Å². The number of carbonyl (C=O) groups is 1. The minimum absolute atomic E-state index is 0.0276. The van der Waals surface area contributed by atoms with E-state index < -0.39 is 0 Å². The molecular formula is C15H17ClN2O. The zero-order valence-electron chi connectivity index (χ0n) is 11.2. The number of nitriles is 1. The number of nitrogens with zero attached hydrogens (tertiary/aromatic N) is 2. The molecule has 1 aliphatic rings.